The second-order valence-corrected chi connectivity index (χ2v) is 12.6. The largest absolute Gasteiger partial charge is 0.448 e. The molecule has 228 valence electrons. The molecule has 0 spiro atoms. The number of hydrogen-bond acceptors (Lipinski definition) is 7. The lowest BCUT2D eigenvalue weighted by atomic mass is 9.94. The fraction of sp³-hybridized carbons (Fsp3) is 0.394. The summed E-state index contributed by atoms with van der Waals surface area (Å²) in [5.41, 5.74) is 7.92. The second kappa shape index (κ2) is 14.0. The molecule has 4 rings (SSSR count). The van der Waals surface area contributed by atoms with Gasteiger partial charge in [-0.05, 0) is 55.5 Å². The summed E-state index contributed by atoms with van der Waals surface area (Å²) in [5.74, 6) is -0.273. The van der Waals surface area contributed by atoms with Crippen LogP contribution in [0.25, 0.3) is 10.2 Å². The van der Waals surface area contributed by atoms with Gasteiger partial charge >= 0.3 is 6.09 Å². The van der Waals surface area contributed by atoms with Crippen LogP contribution in [-0.4, -0.2) is 34.3 Å². The van der Waals surface area contributed by atoms with E-state index in [1.165, 1.54) is 0 Å². The van der Waals surface area contributed by atoms with E-state index in [1.54, 1.807) is 18.2 Å². The van der Waals surface area contributed by atoms with Gasteiger partial charge in [-0.25, -0.2) is 4.79 Å². The van der Waals surface area contributed by atoms with Crippen LogP contribution in [0.5, 0.6) is 0 Å². The topological polar surface area (TPSA) is 128 Å². The summed E-state index contributed by atoms with van der Waals surface area (Å²) < 4.78 is 6.62. The van der Waals surface area contributed by atoms with Gasteiger partial charge in [0.2, 0.25) is 0 Å². The molecule has 0 aliphatic rings. The quantitative estimate of drug-likeness (QED) is 0.147. The minimum atomic E-state index is -0.660. The van der Waals surface area contributed by atoms with Crippen LogP contribution < -0.4 is 16.4 Å². The summed E-state index contributed by atoms with van der Waals surface area (Å²) in [6.45, 7) is 10.3. The van der Waals surface area contributed by atoms with Crippen molar-refractivity contribution in [2.45, 2.75) is 71.9 Å². The predicted molar refractivity (Wildman–Crippen MR) is 172 cm³/mol. The van der Waals surface area contributed by atoms with Crippen molar-refractivity contribution in [1.29, 1.82) is 0 Å². The summed E-state index contributed by atoms with van der Waals surface area (Å²) in [7, 11) is 0. The third-order valence-corrected chi connectivity index (χ3v) is 8.52. The third-order valence-electron chi connectivity index (χ3n) is 7.41. The monoisotopic (exact) mass is 603 g/mol. The number of amides is 2. The molecular weight excluding hydrogens is 562 g/mol. The Labute approximate surface area is 256 Å². The molecule has 4 N–H and O–H groups in total. The summed E-state index contributed by atoms with van der Waals surface area (Å²) in [4.78, 5) is 40.5. The van der Waals surface area contributed by atoms with E-state index in [1.807, 2.05) is 70.2 Å². The molecule has 2 aromatic heterocycles. The van der Waals surface area contributed by atoms with Crippen LogP contribution in [0, 0.1) is 5.92 Å². The third kappa shape index (κ3) is 7.69. The molecule has 2 amide bonds. The summed E-state index contributed by atoms with van der Waals surface area (Å²) in [6, 6.07) is 18.3. The SMILES string of the molecule is CCCCCCOC(=O)n1nc(NC(=O)c2ccc(C(N)C(C)C)cc2)c2cc(C(=O)NC(C)(C)c3ccccc3)sc21. The van der Waals surface area contributed by atoms with E-state index in [2.05, 4.69) is 22.7 Å². The molecule has 43 heavy (non-hydrogen) atoms. The number of rotatable bonds is 12. The standard InChI is InChI=1S/C33H41N5O4S/c1-6-7-8-12-19-42-32(41)38-31-25(20-26(43-31)30(40)36-33(4,5)24-13-10-9-11-14-24)28(37-38)35-29(39)23-17-15-22(16-18-23)27(34)21(2)3/h9-11,13-18,20-21,27H,6-8,12,19,34H2,1-5H3,(H,36,40)(H,35,37,39). The molecule has 1 atom stereocenters. The normalized spacial score (nSPS) is 12.3. The fourth-order valence-electron chi connectivity index (χ4n) is 4.68. The van der Waals surface area contributed by atoms with E-state index in [4.69, 9.17) is 10.5 Å². The Morgan fingerprint density at radius 3 is 2.35 bits per heavy atom. The van der Waals surface area contributed by atoms with Gasteiger partial charge in [-0.1, -0.05) is 82.5 Å². The Kier molecular flexibility index (Phi) is 10.4. The van der Waals surface area contributed by atoms with E-state index in [0.717, 1.165) is 52.8 Å². The number of carbonyl (C=O) groups is 3. The van der Waals surface area contributed by atoms with Crippen LogP contribution in [-0.2, 0) is 10.3 Å². The maximum absolute atomic E-state index is 13.4. The molecule has 0 bridgehead atoms. The lowest BCUT2D eigenvalue weighted by Gasteiger charge is -2.26. The number of ether oxygens (including phenoxy) is 1. The first-order valence-electron chi connectivity index (χ1n) is 14.8. The number of fused-ring (bicyclic) bond motifs is 1. The van der Waals surface area contributed by atoms with Crippen molar-refractivity contribution in [2.24, 2.45) is 11.7 Å². The number of nitrogens with one attached hydrogen (secondary N) is 2. The highest BCUT2D eigenvalue weighted by atomic mass is 32.1. The van der Waals surface area contributed by atoms with E-state index in [-0.39, 0.29) is 30.3 Å². The second-order valence-electron chi connectivity index (χ2n) is 11.6. The van der Waals surface area contributed by atoms with Gasteiger partial charge in [-0.3, -0.25) is 9.59 Å². The van der Waals surface area contributed by atoms with E-state index in [9.17, 15) is 14.4 Å². The van der Waals surface area contributed by atoms with Crippen molar-refractivity contribution >= 4 is 45.3 Å². The van der Waals surface area contributed by atoms with E-state index in [0.29, 0.717) is 20.7 Å². The number of thiophene rings is 1. The number of carbonyl (C=O) groups excluding carboxylic acids is 3. The van der Waals surface area contributed by atoms with Gasteiger partial charge in [0.05, 0.1) is 22.4 Å². The zero-order valence-electron chi connectivity index (χ0n) is 25.5. The maximum atomic E-state index is 13.4. The van der Waals surface area contributed by atoms with Crippen LogP contribution in [0.2, 0.25) is 0 Å². The molecule has 0 saturated heterocycles. The molecule has 10 heteroatoms. The summed E-state index contributed by atoms with van der Waals surface area (Å²) >= 11 is 1.12. The first-order chi connectivity index (χ1) is 20.5. The lowest BCUT2D eigenvalue weighted by molar-refractivity contribution is 0.0915. The van der Waals surface area contributed by atoms with Gasteiger partial charge in [-0.15, -0.1) is 16.4 Å². The zero-order valence-corrected chi connectivity index (χ0v) is 26.3. The predicted octanol–water partition coefficient (Wildman–Crippen LogP) is 7.24. The Morgan fingerprint density at radius 2 is 1.70 bits per heavy atom. The molecule has 1 unspecified atom stereocenters. The Hall–Kier alpha value is -4.02. The first-order valence-corrected chi connectivity index (χ1v) is 15.6. The molecule has 0 aliphatic heterocycles. The molecule has 0 aliphatic carbocycles. The number of nitrogens with two attached hydrogens (primary N) is 1. The Bertz CT molecular complexity index is 1560. The number of nitrogens with zero attached hydrogens (tertiary/aromatic N) is 2. The van der Waals surface area contributed by atoms with E-state index < -0.39 is 17.5 Å². The smallest absolute Gasteiger partial charge is 0.436 e. The van der Waals surface area contributed by atoms with Crippen molar-refractivity contribution < 1.29 is 19.1 Å². The van der Waals surface area contributed by atoms with Gasteiger partial charge in [0.15, 0.2) is 5.82 Å². The zero-order chi connectivity index (χ0) is 31.1. The highest BCUT2D eigenvalue weighted by molar-refractivity contribution is 7.20. The van der Waals surface area contributed by atoms with Crippen molar-refractivity contribution in [2.75, 3.05) is 11.9 Å². The summed E-state index contributed by atoms with van der Waals surface area (Å²) in [5, 5.41) is 10.8. The van der Waals surface area contributed by atoms with Crippen molar-refractivity contribution in [3.8, 4) is 0 Å². The average Bonchev–Trinajstić information content (AvgIpc) is 3.57. The van der Waals surface area contributed by atoms with Gasteiger partial charge in [0.1, 0.15) is 4.83 Å². The first kappa shape index (κ1) is 31.9. The number of aromatic nitrogens is 2. The molecular formula is C33H41N5O4S. The highest BCUT2D eigenvalue weighted by Crippen LogP contribution is 2.33. The number of unbranched alkanes of at least 4 members (excludes halogenated alkanes) is 3. The van der Waals surface area contributed by atoms with Crippen molar-refractivity contribution in [3.63, 3.8) is 0 Å². The molecule has 4 aromatic rings. The van der Waals surface area contributed by atoms with Crippen molar-refractivity contribution in [3.05, 3.63) is 82.2 Å². The molecule has 0 saturated carbocycles. The van der Waals surface area contributed by atoms with E-state index >= 15 is 0 Å². The lowest BCUT2D eigenvalue weighted by Crippen LogP contribution is -2.40. The Balaban J connectivity index is 1.61. The van der Waals surface area contributed by atoms with Crippen LogP contribution in [0.1, 0.15) is 97.5 Å². The van der Waals surface area contributed by atoms with Crippen LogP contribution in [0.15, 0.2) is 60.7 Å². The van der Waals surface area contributed by atoms with Gasteiger partial charge in [0, 0.05) is 11.6 Å². The van der Waals surface area contributed by atoms with Gasteiger partial charge in [0.25, 0.3) is 11.8 Å². The number of anilines is 1. The summed E-state index contributed by atoms with van der Waals surface area (Å²) in [6.07, 6.45) is 3.18. The number of benzene rings is 2. The number of hydrogen-bond donors (Lipinski definition) is 3. The Morgan fingerprint density at radius 1 is 1.00 bits per heavy atom. The molecule has 9 nitrogen and oxygen atoms in total. The average molecular weight is 604 g/mol. The molecule has 0 radical (unpaired) electrons. The minimum absolute atomic E-state index is 0.136. The fourth-order valence-corrected chi connectivity index (χ4v) is 5.68. The maximum Gasteiger partial charge on any atom is 0.436 e. The van der Waals surface area contributed by atoms with Gasteiger partial charge < -0.3 is 21.1 Å². The molecule has 0 fully saturated rings. The highest BCUT2D eigenvalue weighted by Gasteiger charge is 2.27. The van der Waals surface area contributed by atoms with Gasteiger partial charge in [-0.2, -0.15) is 4.68 Å². The van der Waals surface area contributed by atoms with Crippen LogP contribution >= 0.6 is 11.3 Å². The molecule has 2 aromatic carbocycles. The van der Waals surface area contributed by atoms with Crippen LogP contribution in [0.3, 0.4) is 0 Å². The van der Waals surface area contributed by atoms with Crippen molar-refractivity contribution in [1.82, 2.24) is 15.1 Å². The molecule has 2 heterocycles. The minimum Gasteiger partial charge on any atom is -0.448 e. The van der Waals surface area contributed by atoms with Crippen LogP contribution in [0.4, 0.5) is 10.6 Å².